The molecule has 1 amide bonds. The summed E-state index contributed by atoms with van der Waals surface area (Å²) in [6.07, 6.45) is 2.55. The van der Waals surface area contributed by atoms with Gasteiger partial charge < -0.3 is 15.0 Å². The lowest BCUT2D eigenvalue weighted by molar-refractivity contribution is 0.0364. The molecule has 1 aliphatic carbocycles. The number of nitrogens with two attached hydrogens (primary N) is 1. The largest absolute Gasteiger partial charge is 0.379 e. The highest BCUT2D eigenvalue weighted by Gasteiger charge is 2.28. The standard InChI is InChI=1S/C18H23N3O2/c19-18(22)14-3-4-16-15(11-14)12-17(13-1-2-13)21(16)6-5-20-7-9-23-10-8-20/h3-4,11-13H,1-2,5-10H2,(H2,19,22). The molecule has 1 saturated carbocycles. The van der Waals surface area contributed by atoms with Crippen molar-refractivity contribution < 1.29 is 9.53 Å². The Labute approximate surface area is 136 Å². The van der Waals surface area contributed by atoms with Gasteiger partial charge in [-0.15, -0.1) is 0 Å². The van der Waals surface area contributed by atoms with Gasteiger partial charge in [0, 0.05) is 48.3 Å². The van der Waals surface area contributed by atoms with Crippen molar-refractivity contribution in [2.45, 2.75) is 25.3 Å². The number of benzene rings is 1. The zero-order valence-corrected chi connectivity index (χ0v) is 13.3. The predicted molar refractivity (Wildman–Crippen MR) is 89.7 cm³/mol. The van der Waals surface area contributed by atoms with Crippen LogP contribution in [0.5, 0.6) is 0 Å². The maximum atomic E-state index is 11.4. The molecule has 5 heteroatoms. The molecule has 4 rings (SSSR count). The van der Waals surface area contributed by atoms with E-state index >= 15 is 0 Å². The molecule has 0 atom stereocenters. The normalized spacial score (nSPS) is 19.3. The molecule has 0 spiro atoms. The number of rotatable bonds is 5. The van der Waals surface area contributed by atoms with Gasteiger partial charge in [-0.2, -0.15) is 0 Å². The third-order valence-corrected chi connectivity index (χ3v) is 4.96. The monoisotopic (exact) mass is 313 g/mol. The third-order valence-electron chi connectivity index (χ3n) is 4.96. The van der Waals surface area contributed by atoms with Crippen molar-refractivity contribution >= 4 is 16.8 Å². The molecule has 1 aliphatic heterocycles. The molecule has 122 valence electrons. The number of fused-ring (bicyclic) bond motifs is 1. The van der Waals surface area contributed by atoms with E-state index in [2.05, 4.69) is 15.5 Å². The molecule has 1 aromatic heterocycles. The van der Waals surface area contributed by atoms with Crippen LogP contribution in [0.4, 0.5) is 0 Å². The van der Waals surface area contributed by atoms with Gasteiger partial charge in [-0.3, -0.25) is 9.69 Å². The Balaban J connectivity index is 1.63. The predicted octanol–water partition coefficient (Wildman–Crippen LogP) is 1.95. The van der Waals surface area contributed by atoms with Gasteiger partial charge in [-0.05, 0) is 43.0 Å². The van der Waals surface area contributed by atoms with E-state index in [0.29, 0.717) is 11.5 Å². The van der Waals surface area contributed by atoms with Crippen molar-refractivity contribution in [2.24, 2.45) is 5.73 Å². The number of ether oxygens (including phenoxy) is 1. The first kappa shape index (κ1) is 14.7. The van der Waals surface area contributed by atoms with E-state index in [1.54, 1.807) is 0 Å². The lowest BCUT2D eigenvalue weighted by Gasteiger charge is -2.27. The summed E-state index contributed by atoms with van der Waals surface area (Å²) in [6, 6.07) is 8.06. The van der Waals surface area contributed by atoms with Crippen LogP contribution in [-0.4, -0.2) is 48.2 Å². The summed E-state index contributed by atoms with van der Waals surface area (Å²) in [5, 5.41) is 1.13. The van der Waals surface area contributed by atoms with Crippen molar-refractivity contribution in [1.29, 1.82) is 0 Å². The van der Waals surface area contributed by atoms with Crippen LogP contribution in [0, 0.1) is 0 Å². The highest BCUT2D eigenvalue weighted by atomic mass is 16.5. The smallest absolute Gasteiger partial charge is 0.248 e. The number of amides is 1. The molecule has 0 unspecified atom stereocenters. The molecule has 2 heterocycles. The van der Waals surface area contributed by atoms with Crippen molar-refractivity contribution in [1.82, 2.24) is 9.47 Å². The first-order valence-corrected chi connectivity index (χ1v) is 8.45. The molecule has 0 bridgehead atoms. The number of nitrogens with zero attached hydrogens (tertiary/aromatic N) is 2. The molecule has 1 aromatic carbocycles. The summed E-state index contributed by atoms with van der Waals surface area (Å²) < 4.78 is 7.86. The Morgan fingerprint density at radius 3 is 2.65 bits per heavy atom. The molecule has 0 radical (unpaired) electrons. The minimum atomic E-state index is -0.360. The second-order valence-corrected chi connectivity index (χ2v) is 6.59. The van der Waals surface area contributed by atoms with Crippen molar-refractivity contribution in [2.75, 3.05) is 32.8 Å². The van der Waals surface area contributed by atoms with E-state index in [1.807, 2.05) is 18.2 Å². The highest BCUT2D eigenvalue weighted by Crippen LogP contribution is 2.42. The second-order valence-electron chi connectivity index (χ2n) is 6.59. The van der Waals surface area contributed by atoms with Crippen LogP contribution in [0.15, 0.2) is 24.3 Å². The van der Waals surface area contributed by atoms with Gasteiger partial charge in [-0.1, -0.05) is 0 Å². The van der Waals surface area contributed by atoms with Gasteiger partial charge in [0.15, 0.2) is 0 Å². The second kappa shape index (κ2) is 5.98. The van der Waals surface area contributed by atoms with Crippen LogP contribution in [-0.2, 0) is 11.3 Å². The molecule has 23 heavy (non-hydrogen) atoms. The molecular formula is C18H23N3O2. The van der Waals surface area contributed by atoms with E-state index in [4.69, 9.17) is 10.5 Å². The summed E-state index contributed by atoms with van der Waals surface area (Å²) in [4.78, 5) is 13.9. The number of aromatic nitrogens is 1. The number of hydrogen-bond donors (Lipinski definition) is 1. The third kappa shape index (κ3) is 2.99. The minimum Gasteiger partial charge on any atom is -0.379 e. The van der Waals surface area contributed by atoms with Crippen molar-refractivity contribution in [3.8, 4) is 0 Å². The van der Waals surface area contributed by atoms with Crippen LogP contribution < -0.4 is 5.73 Å². The van der Waals surface area contributed by atoms with Crippen LogP contribution in [0.3, 0.4) is 0 Å². The Morgan fingerprint density at radius 1 is 1.17 bits per heavy atom. The molecule has 5 nitrogen and oxygen atoms in total. The van der Waals surface area contributed by atoms with Crippen LogP contribution in [0.2, 0.25) is 0 Å². The van der Waals surface area contributed by atoms with Gasteiger partial charge >= 0.3 is 0 Å². The van der Waals surface area contributed by atoms with E-state index < -0.39 is 0 Å². The number of primary amides is 1. The number of carbonyl (C=O) groups is 1. The van der Waals surface area contributed by atoms with E-state index in [-0.39, 0.29) is 5.91 Å². The van der Waals surface area contributed by atoms with E-state index in [1.165, 1.54) is 24.1 Å². The summed E-state index contributed by atoms with van der Waals surface area (Å²) in [6.45, 7) is 5.75. The molecule has 2 N–H and O–H groups in total. The minimum absolute atomic E-state index is 0.360. The first-order chi connectivity index (χ1) is 11.2. The zero-order chi connectivity index (χ0) is 15.8. The summed E-state index contributed by atoms with van der Waals surface area (Å²) in [5.74, 6) is 0.324. The quantitative estimate of drug-likeness (QED) is 0.918. The van der Waals surface area contributed by atoms with Gasteiger partial charge in [0.1, 0.15) is 0 Å². The average Bonchev–Trinajstić information content (AvgIpc) is 3.35. The zero-order valence-electron chi connectivity index (χ0n) is 13.3. The maximum absolute atomic E-state index is 11.4. The Hall–Kier alpha value is -1.85. The Morgan fingerprint density at radius 2 is 1.96 bits per heavy atom. The fourth-order valence-corrected chi connectivity index (χ4v) is 3.48. The lowest BCUT2D eigenvalue weighted by atomic mass is 10.1. The number of carbonyl (C=O) groups excluding carboxylic acids is 1. The van der Waals surface area contributed by atoms with Gasteiger partial charge in [0.2, 0.25) is 5.91 Å². The van der Waals surface area contributed by atoms with Gasteiger partial charge in [0.25, 0.3) is 0 Å². The van der Waals surface area contributed by atoms with E-state index in [9.17, 15) is 4.79 Å². The van der Waals surface area contributed by atoms with Gasteiger partial charge in [-0.25, -0.2) is 0 Å². The van der Waals surface area contributed by atoms with E-state index in [0.717, 1.165) is 44.8 Å². The summed E-state index contributed by atoms with van der Waals surface area (Å²) in [7, 11) is 0. The maximum Gasteiger partial charge on any atom is 0.248 e. The van der Waals surface area contributed by atoms with Crippen LogP contribution in [0.25, 0.3) is 10.9 Å². The molecular weight excluding hydrogens is 290 g/mol. The summed E-state index contributed by atoms with van der Waals surface area (Å²) in [5.41, 5.74) is 8.63. The highest BCUT2D eigenvalue weighted by molar-refractivity contribution is 5.97. The van der Waals surface area contributed by atoms with Crippen LogP contribution in [0.1, 0.15) is 34.8 Å². The van der Waals surface area contributed by atoms with Crippen molar-refractivity contribution in [3.63, 3.8) is 0 Å². The van der Waals surface area contributed by atoms with Gasteiger partial charge in [0.05, 0.1) is 13.2 Å². The Kier molecular flexibility index (Phi) is 3.83. The fourth-order valence-electron chi connectivity index (χ4n) is 3.48. The Bertz CT molecular complexity index is 727. The topological polar surface area (TPSA) is 60.5 Å². The first-order valence-electron chi connectivity index (χ1n) is 8.45. The molecule has 2 aromatic rings. The molecule has 1 saturated heterocycles. The molecule has 2 fully saturated rings. The average molecular weight is 313 g/mol. The fraction of sp³-hybridized carbons (Fsp3) is 0.500. The number of hydrogen-bond acceptors (Lipinski definition) is 3. The SMILES string of the molecule is NC(=O)c1ccc2c(c1)cc(C1CC1)n2CCN1CCOCC1. The lowest BCUT2D eigenvalue weighted by Crippen LogP contribution is -2.38. The van der Waals surface area contributed by atoms with Crippen molar-refractivity contribution in [3.05, 3.63) is 35.5 Å². The van der Waals surface area contributed by atoms with Crippen LogP contribution >= 0.6 is 0 Å². The summed E-state index contributed by atoms with van der Waals surface area (Å²) >= 11 is 0. The molecule has 2 aliphatic rings. The number of morpholine rings is 1.